The molecule has 1 fully saturated rings. The van der Waals surface area contributed by atoms with Crippen LogP contribution in [0, 0.1) is 5.41 Å². The number of ether oxygens (including phenoxy) is 2. The standard InChI is InChI=1S/C13H16ClNO2/c1-13(2-3-13)7-15-6-9-4-10(14)12-11(5-9)16-8-17-12/h4-5,15H,2-3,6-8H2,1H3. The molecule has 0 amide bonds. The molecule has 0 unspecified atom stereocenters. The van der Waals surface area contributed by atoms with Crippen molar-refractivity contribution in [1.29, 1.82) is 0 Å². The van der Waals surface area contributed by atoms with Crippen molar-refractivity contribution in [3.05, 3.63) is 22.7 Å². The number of halogens is 1. The van der Waals surface area contributed by atoms with Gasteiger partial charge in [-0.2, -0.15) is 0 Å². The smallest absolute Gasteiger partial charge is 0.231 e. The van der Waals surface area contributed by atoms with Crippen molar-refractivity contribution < 1.29 is 9.47 Å². The van der Waals surface area contributed by atoms with Gasteiger partial charge in [-0.3, -0.25) is 0 Å². The summed E-state index contributed by atoms with van der Waals surface area (Å²) in [6.45, 7) is 4.47. The number of benzene rings is 1. The Morgan fingerprint density at radius 3 is 2.94 bits per heavy atom. The van der Waals surface area contributed by atoms with Gasteiger partial charge in [0.05, 0.1) is 5.02 Å². The van der Waals surface area contributed by atoms with Crippen molar-refractivity contribution in [1.82, 2.24) is 5.32 Å². The molecule has 1 N–H and O–H groups in total. The van der Waals surface area contributed by atoms with Crippen LogP contribution < -0.4 is 14.8 Å². The maximum Gasteiger partial charge on any atom is 0.231 e. The third kappa shape index (κ3) is 2.35. The molecule has 1 aliphatic carbocycles. The Morgan fingerprint density at radius 2 is 2.18 bits per heavy atom. The first-order valence-corrected chi connectivity index (χ1v) is 6.33. The van der Waals surface area contributed by atoms with Crippen LogP contribution in [0.5, 0.6) is 11.5 Å². The summed E-state index contributed by atoms with van der Waals surface area (Å²) in [5.74, 6) is 1.43. The van der Waals surface area contributed by atoms with Gasteiger partial charge in [-0.05, 0) is 36.0 Å². The molecule has 0 spiro atoms. The molecule has 0 radical (unpaired) electrons. The van der Waals surface area contributed by atoms with Gasteiger partial charge in [0.1, 0.15) is 0 Å². The van der Waals surface area contributed by atoms with Crippen molar-refractivity contribution in [2.24, 2.45) is 5.41 Å². The summed E-state index contributed by atoms with van der Waals surface area (Å²) in [6.07, 6.45) is 2.67. The van der Waals surface area contributed by atoms with Crippen LogP contribution in [0.25, 0.3) is 0 Å². The van der Waals surface area contributed by atoms with Gasteiger partial charge in [0.25, 0.3) is 0 Å². The van der Waals surface area contributed by atoms with Crippen molar-refractivity contribution in [2.75, 3.05) is 13.3 Å². The van der Waals surface area contributed by atoms with E-state index in [1.54, 1.807) is 0 Å². The lowest BCUT2D eigenvalue weighted by atomic mass is 10.1. The van der Waals surface area contributed by atoms with Gasteiger partial charge in [0, 0.05) is 13.1 Å². The zero-order chi connectivity index (χ0) is 11.9. The van der Waals surface area contributed by atoms with Crippen LogP contribution in [0.1, 0.15) is 25.3 Å². The Hall–Kier alpha value is -0.930. The van der Waals surface area contributed by atoms with Crippen LogP contribution in [0.4, 0.5) is 0 Å². The van der Waals surface area contributed by atoms with Gasteiger partial charge in [-0.15, -0.1) is 0 Å². The zero-order valence-electron chi connectivity index (χ0n) is 9.88. The molecule has 0 atom stereocenters. The van der Waals surface area contributed by atoms with Crippen LogP contribution in [0.3, 0.4) is 0 Å². The highest BCUT2D eigenvalue weighted by atomic mass is 35.5. The summed E-state index contributed by atoms with van der Waals surface area (Å²) in [5, 5.41) is 4.10. The average Bonchev–Trinajstić information content (AvgIpc) is 2.84. The van der Waals surface area contributed by atoms with E-state index in [1.165, 1.54) is 12.8 Å². The van der Waals surface area contributed by atoms with E-state index >= 15 is 0 Å². The molecule has 17 heavy (non-hydrogen) atoms. The second kappa shape index (κ2) is 4.07. The minimum atomic E-state index is 0.268. The van der Waals surface area contributed by atoms with Crippen LogP contribution in [0.15, 0.2) is 12.1 Å². The lowest BCUT2D eigenvalue weighted by Crippen LogP contribution is -2.21. The topological polar surface area (TPSA) is 30.5 Å². The summed E-state index contributed by atoms with van der Waals surface area (Å²) >= 11 is 6.12. The third-order valence-corrected chi connectivity index (χ3v) is 3.75. The molecule has 1 saturated carbocycles. The van der Waals surface area contributed by atoms with Gasteiger partial charge in [-0.25, -0.2) is 0 Å². The van der Waals surface area contributed by atoms with E-state index in [1.807, 2.05) is 12.1 Å². The number of hydrogen-bond donors (Lipinski definition) is 1. The van der Waals surface area contributed by atoms with Crippen LogP contribution in [-0.2, 0) is 6.54 Å². The molecule has 3 rings (SSSR count). The molecule has 1 heterocycles. The molecule has 1 aromatic rings. The summed E-state index contributed by atoms with van der Waals surface area (Å²) in [4.78, 5) is 0. The summed E-state index contributed by atoms with van der Waals surface area (Å²) in [7, 11) is 0. The molecule has 2 aliphatic rings. The summed E-state index contributed by atoms with van der Waals surface area (Å²) < 4.78 is 10.6. The number of nitrogens with one attached hydrogen (secondary N) is 1. The lowest BCUT2D eigenvalue weighted by Gasteiger charge is -2.10. The highest BCUT2D eigenvalue weighted by Crippen LogP contribution is 2.44. The maximum atomic E-state index is 6.12. The Bertz CT molecular complexity index is 443. The van der Waals surface area contributed by atoms with Crippen LogP contribution in [-0.4, -0.2) is 13.3 Å². The predicted octanol–water partition coefficient (Wildman–Crippen LogP) is 2.96. The van der Waals surface area contributed by atoms with Crippen molar-refractivity contribution in [3.63, 3.8) is 0 Å². The van der Waals surface area contributed by atoms with E-state index < -0.39 is 0 Å². The SMILES string of the molecule is CC1(CNCc2cc(Cl)c3c(c2)OCO3)CC1. The molecule has 3 nitrogen and oxygen atoms in total. The number of fused-ring (bicyclic) bond motifs is 1. The monoisotopic (exact) mass is 253 g/mol. The van der Waals surface area contributed by atoms with Gasteiger partial charge in [0.2, 0.25) is 6.79 Å². The van der Waals surface area contributed by atoms with Gasteiger partial charge < -0.3 is 14.8 Å². The quantitative estimate of drug-likeness (QED) is 0.895. The fraction of sp³-hybridized carbons (Fsp3) is 0.538. The fourth-order valence-corrected chi connectivity index (χ4v) is 2.31. The number of rotatable bonds is 4. The Balaban J connectivity index is 1.65. The summed E-state index contributed by atoms with van der Waals surface area (Å²) in [5.41, 5.74) is 1.67. The molecule has 1 aromatic carbocycles. The zero-order valence-corrected chi connectivity index (χ0v) is 10.6. The van der Waals surface area contributed by atoms with Gasteiger partial charge >= 0.3 is 0 Å². The maximum absolute atomic E-state index is 6.12. The molecule has 92 valence electrons. The Kier molecular flexibility index (Phi) is 2.68. The normalized spacial score (nSPS) is 19.4. The van der Waals surface area contributed by atoms with E-state index in [-0.39, 0.29) is 6.79 Å². The average molecular weight is 254 g/mol. The van der Waals surface area contributed by atoms with E-state index in [4.69, 9.17) is 21.1 Å². The van der Waals surface area contributed by atoms with Gasteiger partial charge in [-0.1, -0.05) is 18.5 Å². The fourth-order valence-electron chi connectivity index (χ4n) is 2.02. The Labute approximate surface area is 106 Å². The van der Waals surface area contributed by atoms with E-state index in [2.05, 4.69) is 12.2 Å². The minimum Gasteiger partial charge on any atom is -0.454 e. The molecular formula is C13H16ClNO2. The second-order valence-corrected chi connectivity index (χ2v) is 5.63. The lowest BCUT2D eigenvalue weighted by molar-refractivity contribution is 0.174. The van der Waals surface area contributed by atoms with Crippen LogP contribution >= 0.6 is 11.6 Å². The molecule has 0 aromatic heterocycles. The van der Waals surface area contributed by atoms with Crippen molar-refractivity contribution >= 4 is 11.6 Å². The van der Waals surface area contributed by atoms with Crippen molar-refractivity contribution in [3.8, 4) is 11.5 Å². The van der Waals surface area contributed by atoms with E-state index in [0.29, 0.717) is 16.2 Å². The molecule has 1 aliphatic heterocycles. The second-order valence-electron chi connectivity index (χ2n) is 5.23. The largest absolute Gasteiger partial charge is 0.454 e. The molecule has 0 bridgehead atoms. The number of hydrogen-bond acceptors (Lipinski definition) is 3. The minimum absolute atomic E-state index is 0.268. The first-order valence-electron chi connectivity index (χ1n) is 5.95. The van der Waals surface area contributed by atoms with E-state index in [9.17, 15) is 0 Å². The van der Waals surface area contributed by atoms with E-state index in [0.717, 1.165) is 24.4 Å². The Morgan fingerprint density at radius 1 is 1.35 bits per heavy atom. The first kappa shape index (κ1) is 11.2. The van der Waals surface area contributed by atoms with Crippen molar-refractivity contribution in [2.45, 2.75) is 26.3 Å². The van der Waals surface area contributed by atoms with Gasteiger partial charge in [0.15, 0.2) is 11.5 Å². The molecule has 4 heteroatoms. The highest BCUT2D eigenvalue weighted by molar-refractivity contribution is 6.32. The molecular weight excluding hydrogens is 238 g/mol. The molecule has 0 saturated heterocycles. The predicted molar refractivity (Wildman–Crippen MR) is 66.6 cm³/mol. The first-order chi connectivity index (χ1) is 8.16. The third-order valence-electron chi connectivity index (χ3n) is 3.47. The highest BCUT2D eigenvalue weighted by Gasteiger charge is 2.36. The van der Waals surface area contributed by atoms with Crippen LogP contribution in [0.2, 0.25) is 5.02 Å². The summed E-state index contributed by atoms with van der Waals surface area (Å²) in [6, 6.07) is 3.94.